The maximum atomic E-state index is 13.4. The monoisotopic (exact) mass is 390 g/mol. The van der Waals surface area contributed by atoms with E-state index in [-0.39, 0.29) is 12.0 Å². The van der Waals surface area contributed by atoms with Gasteiger partial charge in [0.05, 0.1) is 0 Å². The van der Waals surface area contributed by atoms with Crippen molar-refractivity contribution in [2.75, 3.05) is 7.11 Å². The number of carbonyl (C=O) groups excluding carboxylic acids is 1. The SMILES string of the molecule is CCCCC(CCC(=O)OC(C)C(F)(F)S(=O)(=O)O)[Si](C)(C)OC. The van der Waals surface area contributed by atoms with Crippen LogP contribution in [0.1, 0.15) is 46.0 Å². The second kappa shape index (κ2) is 9.21. The Bertz CT molecular complexity index is 509. The van der Waals surface area contributed by atoms with Crippen LogP contribution in [-0.2, 0) is 24.1 Å². The Morgan fingerprint density at radius 1 is 1.29 bits per heavy atom. The molecule has 0 aliphatic carbocycles. The van der Waals surface area contributed by atoms with Crippen LogP contribution in [0.15, 0.2) is 0 Å². The van der Waals surface area contributed by atoms with Gasteiger partial charge in [-0.3, -0.25) is 9.35 Å². The molecule has 0 aliphatic heterocycles. The third kappa shape index (κ3) is 6.73. The minimum Gasteiger partial charge on any atom is -0.455 e. The maximum Gasteiger partial charge on any atom is 0.405 e. The van der Waals surface area contributed by atoms with Crippen molar-refractivity contribution in [1.29, 1.82) is 0 Å². The normalized spacial score (nSPS) is 15.8. The first-order valence-corrected chi connectivity index (χ1v) is 12.3. The highest BCUT2D eigenvalue weighted by atomic mass is 32.2. The molecule has 1 N–H and O–H groups in total. The summed E-state index contributed by atoms with van der Waals surface area (Å²) in [5.41, 5.74) is 0.160. The summed E-state index contributed by atoms with van der Waals surface area (Å²) >= 11 is 0. The average Bonchev–Trinajstić information content (AvgIpc) is 2.45. The molecule has 24 heavy (non-hydrogen) atoms. The quantitative estimate of drug-likeness (QED) is 0.329. The zero-order valence-electron chi connectivity index (χ0n) is 14.8. The van der Waals surface area contributed by atoms with Crippen LogP contribution in [0.25, 0.3) is 0 Å². The van der Waals surface area contributed by atoms with Crippen LogP contribution in [0.2, 0.25) is 18.6 Å². The molecule has 0 amide bonds. The van der Waals surface area contributed by atoms with Gasteiger partial charge in [-0.05, 0) is 32.0 Å². The van der Waals surface area contributed by atoms with E-state index in [4.69, 9.17) is 8.98 Å². The summed E-state index contributed by atoms with van der Waals surface area (Å²) in [6, 6.07) is 0. The lowest BCUT2D eigenvalue weighted by atomic mass is 10.1. The van der Waals surface area contributed by atoms with E-state index in [2.05, 4.69) is 4.74 Å². The number of halogens is 2. The van der Waals surface area contributed by atoms with Crippen molar-refractivity contribution in [2.45, 2.75) is 75.9 Å². The molecular formula is C14H28F2O6SSi. The fraction of sp³-hybridized carbons (Fsp3) is 0.929. The summed E-state index contributed by atoms with van der Waals surface area (Å²) in [6.07, 6.45) is 0.884. The smallest absolute Gasteiger partial charge is 0.405 e. The van der Waals surface area contributed by atoms with Crippen LogP contribution in [0, 0.1) is 0 Å². The Labute approximate surface area is 143 Å². The fourth-order valence-corrected chi connectivity index (χ4v) is 4.82. The van der Waals surface area contributed by atoms with E-state index < -0.39 is 35.8 Å². The van der Waals surface area contributed by atoms with Crippen LogP contribution in [0.3, 0.4) is 0 Å². The molecule has 0 heterocycles. The molecule has 0 aromatic carbocycles. The minimum atomic E-state index is -5.64. The molecule has 0 radical (unpaired) electrons. The van der Waals surface area contributed by atoms with E-state index in [1.165, 1.54) is 0 Å². The Balaban J connectivity index is 4.75. The van der Waals surface area contributed by atoms with Crippen LogP contribution >= 0.6 is 0 Å². The van der Waals surface area contributed by atoms with Gasteiger partial charge in [-0.1, -0.05) is 26.2 Å². The van der Waals surface area contributed by atoms with E-state index >= 15 is 0 Å². The largest absolute Gasteiger partial charge is 0.455 e. The average molecular weight is 391 g/mol. The molecule has 0 fully saturated rings. The number of hydrogen-bond acceptors (Lipinski definition) is 5. The van der Waals surface area contributed by atoms with E-state index in [1.807, 2.05) is 20.0 Å². The standard InChI is InChI=1S/C14H28F2O6SSi/c1-6-7-8-12(24(4,5)21-3)9-10-13(17)22-11(2)14(15,16)23(18,19)20/h11-12H,6-10H2,1-5H3,(H,18,19,20). The molecule has 0 aromatic heterocycles. The lowest BCUT2D eigenvalue weighted by Crippen LogP contribution is -2.42. The van der Waals surface area contributed by atoms with Crippen LogP contribution < -0.4 is 0 Å². The zero-order chi connectivity index (χ0) is 19.2. The molecule has 0 aromatic rings. The van der Waals surface area contributed by atoms with Crippen LogP contribution in [0.5, 0.6) is 0 Å². The van der Waals surface area contributed by atoms with Gasteiger partial charge in [0, 0.05) is 13.5 Å². The predicted octanol–water partition coefficient (Wildman–Crippen LogP) is 3.59. The fourth-order valence-electron chi connectivity index (χ4n) is 2.28. The van der Waals surface area contributed by atoms with Crippen molar-refractivity contribution < 1.29 is 35.7 Å². The van der Waals surface area contributed by atoms with Crippen molar-refractivity contribution in [3.05, 3.63) is 0 Å². The van der Waals surface area contributed by atoms with Crippen LogP contribution in [0.4, 0.5) is 8.78 Å². The number of carbonyl (C=O) groups is 1. The molecule has 0 aliphatic rings. The van der Waals surface area contributed by atoms with Gasteiger partial charge in [-0.25, -0.2) is 0 Å². The van der Waals surface area contributed by atoms with E-state index in [9.17, 15) is 22.0 Å². The Hall–Kier alpha value is -0.583. The summed E-state index contributed by atoms with van der Waals surface area (Å²) in [5, 5.41) is -4.54. The summed E-state index contributed by atoms with van der Waals surface area (Å²) in [7, 11) is -6.03. The number of hydrogen-bond donors (Lipinski definition) is 1. The van der Waals surface area contributed by atoms with E-state index in [1.54, 1.807) is 7.11 Å². The Kier molecular flexibility index (Phi) is 8.98. The van der Waals surface area contributed by atoms with Gasteiger partial charge < -0.3 is 9.16 Å². The highest BCUT2D eigenvalue weighted by Crippen LogP contribution is 2.33. The van der Waals surface area contributed by atoms with Gasteiger partial charge in [0.2, 0.25) is 0 Å². The molecule has 144 valence electrons. The molecule has 0 bridgehead atoms. The third-order valence-corrected chi connectivity index (χ3v) is 8.85. The summed E-state index contributed by atoms with van der Waals surface area (Å²) in [5.74, 6) is -0.923. The van der Waals surface area contributed by atoms with E-state index in [0.717, 1.165) is 26.2 Å². The van der Waals surface area contributed by atoms with Gasteiger partial charge in [0.15, 0.2) is 14.4 Å². The number of esters is 1. The number of rotatable bonds is 11. The molecule has 2 unspecified atom stereocenters. The van der Waals surface area contributed by atoms with Gasteiger partial charge in [-0.2, -0.15) is 17.2 Å². The summed E-state index contributed by atoms with van der Waals surface area (Å²) in [6.45, 7) is 6.82. The van der Waals surface area contributed by atoms with Crippen molar-refractivity contribution in [3.63, 3.8) is 0 Å². The number of unbranched alkanes of at least 4 members (excludes halogenated alkanes) is 1. The van der Waals surface area contributed by atoms with Gasteiger partial charge in [0.25, 0.3) is 0 Å². The molecule has 0 saturated carbocycles. The first-order valence-electron chi connectivity index (χ1n) is 7.89. The molecule has 0 saturated heterocycles. The molecule has 2 atom stereocenters. The second-order valence-corrected chi connectivity index (χ2v) is 12.3. The maximum absolute atomic E-state index is 13.4. The first kappa shape index (κ1) is 23.4. The first-order chi connectivity index (χ1) is 10.8. The third-order valence-electron chi connectivity index (χ3n) is 4.24. The minimum absolute atomic E-state index is 0.111. The predicted molar refractivity (Wildman–Crippen MR) is 89.0 cm³/mol. The molecular weight excluding hydrogens is 362 g/mol. The number of ether oxygens (including phenoxy) is 1. The lowest BCUT2D eigenvalue weighted by Gasteiger charge is -2.31. The highest BCUT2D eigenvalue weighted by Gasteiger charge is 2.51. The van der Waals surface area contributed by atoms with Crippen molar-refractivity contribution in [3.8, 4) is 0 Å². The van der Waals surface area contributed by atoms with Crippen molar-refractivity contribution >= 4 is 24.4 Å². The Morgan fingerprint density at radius 3 is 2.25 bits per heavy atom. The van der Waals surface area contributed by atoms with Gasteiger partial charge in [0.1, 0.15) is 0 Å². The van der Waals surface area contributed by atoms with Crippen molar-refractivity contribution in [2.24, 2.45) is 0 Å². The summed E-state index contributed by atoms with van der Waals surface area (Å²) in [4.78, 5) is 11.8. The molecule has 10 heteroatoms. The summed E-state index contributed by atoms with van der Waals surface area (Å²) < 4.78 is 66.6. The van der Waals surface area contributed by atoms with Crippen molar-refractivity contribution in [1.82, 2.24) is 0 Å². The molecule has 6 nitrogen and oxygen atoms in total. The van der Waals surface area contributed by atoms with Gasteiger partial charge >= 0.3 is 21.3 Å². The van der Waals surface area contributed by atoms with Gasteiger partial charge in [-0.15, -0.1) is 0 Å². The van der Waals surface area contributed by atoms with E-state index in [0.29, 0.717) is 6.42 Å². The molecule has 0 spiro atoms. The topological polar surface area (TPSA) is 89.9 Å². The lowest BCUT2D eigenvalue weighted by molar-refractivity contribution is -0.159. The second-order valence-electron chi connectivity index (χ2n) is 6.35. The zero-order valence-corrected chi connectivity index (χ0v) is 16.7. The highest BCUT2D eigenvalue weighted by molar-refractivity contribution is 7.86. The molecule has 0 rings (SSSR count). The Morgan fingerprint density at radius 2 is 1.83 bits per heavy atom. The van der Waals surface area contributed by atoms with Crippen LogP contribution in [-0.4, -0.2) is 45.7 Å². The number of alkyl halides is 2.